The van der Waals surface area contributed by atoms with Crippen molar-refractivity contribution in [3.05, 3.63) is 34.7 Å². The summed E-state index contributed by atoms with van der Waals surface area (Å²) in [6.45, 7) is 1.52. The van der Waals surface area contributed by atoms with Gasteiger partial charge >= 0.3 is 5.63 Å². The van der Waals surface area contributed by atoms with Crippen molar-refractivity contribution in [3.63, 3.8) is 0 Å². The molecule has 0 aliphatic heterocycles. The van der Waals surface area contributed by atoms with Crippen LogP contribution in [0.5, 0.6) is 11.5 Å². The smallest absolute Gasteiger partial charge is 0.336 e. The van der Waals surface area contributed by atoms with Crippen LogP contribution in [-0.4, -0.2) is 20.4 Å². The molecule has 4 nitrogen and oxygen atoms in total. The molecule has 5 heteroatoms. The van der Waals surface area contributed by atoms with E-state index in [0.717, 1.165) is 5.39 Å². The van der Waals surface area contributed by atoms with Crippen molar-refractivity contribution in [2.75, 3.05) is 20.4 Å². The molecule has 0 amide bonds. The zero-order valence-corrected chi connectivity index (χ0v) is 10.8. The molecule has 0 radical (unpaired) electrons. The van der Waals surface area contributed by atoms with Gasteiger partial charge in [-0.2, -0.15) is 0 Å². The lowest BCUT2D eigenvalue weighted by molar-refractivity contribution is 0.221. The molecular weight excluding hydrogens is 251 g/mol. The summed E-state index contributed by atoms with van der Waals surface area (Å²) in [6.07, 6.45) is 0. The maximum atomic E-state index is 12.4. The van der Waals surface area contributed by atoms with Gasteiger partial charge in [0, 0.05) is 23.4 Å². The van der Waals surface area contributed by atoms with Crippen molar-refractivity contribution in [3.8, 4) is 11.5 Å². The van der Waals surface area contributed by atoms with E-state index in [9.17, 15) is 9.18 Å². The van der Waals surface area contributed by atoms with Gasteiger partial charge in [-0.15, -0.1) is 0 Å². The Hall–Kier alpha value is -2.04. The van der Waals surface area contributed by atoms with Gasteiger partial charge in [0.2, 0.25) is 0 Å². The van der Waals surface area contributed by atoms with Gasteiger partial charge in [-0.05, 0) is 12.1 Å². The Balaban J connectivity index is 2.37. The predicted molar refractivity (Wildman–Crippen MR) is 69.7 cm³/mol. The first-order valence-electron chi connectivity index (χ1n) is 5.94. The minimum Gasteiger partial charge on any atom is -0.493 e. The summed E-state index contributed by atoms with van der Waals surface area (Å²) in [5.41, 5.74) is -0.0167. The van der Waals surface area contributed by atoms with Crippen LogP contribution in [0.3, 0.4) is 0 Å². The van der Waals surface area contributed by atoms with Crippen molar-refractivity contribution in [1.29, 1.82) is 0 Å². The third-order valence-corrected chi connectivity index (χ3v) is 2.69. The summed E-state index contributed by atoms with van der Waals surface area (Å²) in [4.78, 5) is 11.2. The number of benzene rings is 1. The van der Waals surface area contributed by atoms with E-state index < -0.39 is 12.3 Å². The van der Waals surface area contributed by atoms with Crippen molar-refractivity contribution in [2.45, 2.75) is 6.92 Å². The maximum Gasteiger partial charge on any atom is 0.336 e. The number of fused-ring (bicyclic) bond motifs is 1. The molecule has 0 aliphatic rings. The number of alkyl halides is 1. The third-order valence-electron chi connectivity index (χ3n) is 2.69. The van der Waals surface area contributed by atoms with Crippen molar-refractivity contribution >= 4 is 11.0 Å². The van der Waals surface area contributed by atoms with Crippen LogP contribution in [0.4, 0.5) is 4.39 Å². The minimum absolute atomic E-state index is 0.205. The number of halogens is 1. The maximum absolute atomic E-state index is 12.4. The second-order valence-electron chi connectivity index (χ2n) is 4.37. The third kappa shape index (κ3) is 3.05. The van der Waals surface area contributed by atoms with E-state index in [-0.39, 0.29) is 12.5 Å². The Bertz CT molecular complexity index is 620. The van der Waals surface area contributed by atoms with E-state index in [1.807, 2.05) is 0 Å². The van der Waals surface area contributed by atoms with Crippen LogP contribution in [-0.2, 0) is 0 Å². The first-order chi connectivity index (χ1) is 9.13. The van der Waals surface area contributed by atoms with Crippen LogP contribution in [0.15, 0.2) is 33.5 Å². The molecule has 0 saturated carbocycles. The lowest BCUT2D eigenvalue weighted by atomic mass is 10.2. The molecule has 0 N–H and O–H groups in total. The summed E-state index contributed by atoms with van der Waals surface area (Å²) in [6, 6.07) is 6.29. The molecule has 1 heterocycles. The normalized spacial score (nSPS) is 12.4. The van der Waals surface area contributed by atoms with Gasteiger partial charge in [0.15, 0.2) is 11.5 Å². The quantitative estimate of drug-likeness (QED) is 0.781. The molecule has 2 aromatic rings. The number of ether oxygens (including phenoxy) is 2. The number of hydrogen-bond donors (Lipinski definition) is 0. The molecule has 0 saturated heterocycles. The van der Waals surface area contributed by atoms with Crippen LogP contribution in [0.25, 0.3) is 11.0 Å². The van der Waals surface area contributed by atoms with Crippen molar-refractivity contribution in [2.24, 2.45) is 5.92 Å². The fourth-order valence-electron chi connectivity index (χ4n) is 1.62. The zero-order chi connectivity index (χ0) is 13.8. The van der Waals surface area contributed by atoms with Crippen LogP contribution in [0.1, 0.15) is 6.92 Å². The first-order valence-corrected chi connectivity index (χ1v) is 5.94. The number of rotatable bonds is 5. The second-order valence-corrected chi connectivity index (χ2v) is 4.37. The molecule has 1 aromatic heterocycles. The fourth-order valence-corrected chi connectivity index (χ4v) is 1.62. The highest BCUT2D eigenvalue weighted by Crippen LogP contribution is 2.32. The average molecular weight is 266 g/mol. The van der Waals surface area contributed by atoms with Crippen molar-refractivity contribution in [1.82, 2.24) is 0 Å². The Morgan fingerprint density at radius 1 is 1.32 bits per heavy atom. The Morgan fingerprint density at radius 3 is 2.79 bits per heavy atom. The van der Waals surface area contributed by atoms with Gasteiger partial charge in [-0.3, -0.25) is 4.39 Å². The molecule has 102 valence electrons. The number of hydrogen-bond acceptors (Lipinski definition) is 4. The monoisotopic (exact) mass is 266 g/mol. The largest absolute Gasteiger partial charge is 0.493 e. The molecule has 2 rings (SSSR count). The van der Waals surface area contributed by atoms with E-state index in [4.69, 9.17) is 13.9 Å². The summed E-state index contributed by atoms with van der Waals surface area (Å²) < 4.78 is 28.2. The Kier molecular flexibility index (Phi) is 4.04. The SMILES string of the molecule is COc1cc2ccc(=O)oc2cc1OCC(C)CF. The number of methoxy groups -OCH3 is 1. The average Bonchev–Trinajstić information content (AvgIpc) is 2.43. The molecule has 0 aliphatic carbocycles. The van der Waals surface area contributed by atoms with E-state index in [1.165, 1.54) is 13.2 Å². The molecule has 1 atom stereocenters. The highest BCUT2D eigenvalue weighted by Gasteiger charge is 2.10. The van der Waals surface area contributed by atoms with Crippen LogP contribution >= 0.6 is 0 Å². The Morgan fingerprint density at radius 2 is 2.11 bits per heavy atom. The predicted octanol–water partition coefficient (Wildman–Crippen LogP) is 2.79. The first kappa shape index (κ1) is 13.4. The topological polar surface area (TPSA) is 48.7 Å². The van der Waals surface area contributed by atoms with E-state index >= 15 is 0 Å². The van der Waals surface area contributed by atoms with Gasteiger partial charge in [0.05, 0.1) is 20.4 Å². The van der Waals surface area contributed by atoms with Gasteiger partial charge < -0.3 is 13.9 Å². The summed E-state index contributed by atoms with van der Waals surface area (Å²) >= 11 is 0. The highest BCUT2D eigenvalue weighted by molar-refractivity contribution is 5.80. The van der Waals surface area contributed by atoms with Crippen LogP contribution < -0.4 is 15.1 Å². The molecular formula is C14H15FO4. The lowest BCUT2D eigenvalue weighted by Gasteiger charge is -2.13. The van der Waals surface area contributed by atoms with E-state index in [0.29, 0.717) is 17.1 Å². The van der Waals surface area contributed by atoms with Gasteiger partial charge in [-0.1, -0.05) is 6.92 Å². The molecule has 1 unspecified atom stereocenters. The van der Waals surface area contributed by atoms with E-state index in [2.05, 4.69) is 0 Å². The molecule has 0 fully saturated rings. The van der Waals surface area contributed by atoms with E-state index in [1.54, 1.807) is 25.1 Å². The van der Waals surface area contributed by atoms with Gasteiger partial charge in [0.25, 0.3) is 0 Å². The minimum atomic E-state index is -0.453. The van der Waals surface area contributed by atoms with Crippen LogP contribution in [0.2, 0.25) is 0 Å². The fraction of sp³-hybridized carbons (Fsp3) is 0.357. The second kappa shape index (κ2) is 5.73. The van der Waals surface area contributed by atoms with Crippen LogP contribution in [0, 0.1) is 5.92 Å². The molecule has 19 heavy (non-hydrogen) atoms. The molecule has 0 spiro atoms. The van der Waals surface area contributed by atoms with Gasteiger partial charge in [0.1, 0.15) is 5.58 Å². The zero-order valence-electron chi connectivity index (χ0n) is 10.8. The standard InChI is InChI=1S/C14H15FO4/c1-9(7-15)8-18-13-6-11-10(5-12(13)17-2)3-4-14(16)19-11/h3-6,9H,7-8H2,1-2H3. The Labute approximate surface area is 109 Å². The summed E-state index contributed by atoms with van der Waals surface area (Å²) in [7, 11) is 1.52. The summed E-state index contributed by atoms with van der Waals surface area (Å²) in [5.74, 6) is 0.750. The van der Waals surface area contributed by atoms with Crippen molar-refractivity contribution < 1.29 is 18.3 Å². The highest BCUT2D eigenvalue weighted by atomic mass is 19.1. The summed E-state index contributed by atoms with van der Waals surface area (Å²) in [5, 5.41) is 0.738. The lowest BCUT2D eigenvalue weighted by Crippen LogP contribution is -2.10. The van der Waals surface area contributed by atoms with Gasteiger partial charge in [-0.25, -0.2) is 4.79 Å². The molecule has 1 aromatic carbocycles. The molecule has 0 bridgehead atoms.